The van der Waals surface area contributed by atoms with Gasteiger partial charge in [0.1, 0.15) is 5.78 Å². The van der Waals surface area contributed by atoms with Crippen LogP contribution in [0.4, 0.5) is 0 Å². The lowest BCUT2D eigenvalue weighted by Gasteiger charge is -2.34. The highest BCUT2D eigenvalue weighted by molar-refractivity contribution is 7.99. The molecule has 2 atom stereocenters. The Bertz CT molecular complexity index is 282. The summed E-state index contributed by atoms with van der Waals surface area (Å²) in [6.45, 7) is 2.28. The Labute approximate surface area is 90.3 Å². The van der Waals surface area contributed by atoms with Crippen molar-refractivity contribution in [3.05, 3.63) is 11.6 Å². The summed E-state index contributed by atoms with van der Waals surface area (Å²) in [4.78, 5) is 12.1. The predicted molar refractivity (Wildman–Crippen MR) is 61.5 cm³/mol. The minimum atomic E-state index is 0.0238. The maximum Gasteiger partial charge on any atom is 0.149 e. The number of Topliss-reactive ketones (excluding diaryl/α,β-unsaturated/α-hetero) is 1. The molecule has 2 bridgehead atoms. The van der Waals surface area contributed by atoms with Crippen LogP contribution in [0.25, 0.3) is 0 Å². The molecule has 2 aliphatic carbocycles. The lowest BCUT2D eigenvalue weighted by Crippen LogP contribution is -2.34. The Morgan fingerprint density at radius 2 is 2.50 bits per heavy atom. The zero-order valence-electron chi connectivity index (χ0n) is 9.01. The van der Waals surface area contributed by atoms with E-state index in [1.807, 2.05) is 6.26 Å². The molecule has 0 heterocycles. The van der Waals surface area contributed by atoms with Crippen LogP contribution in [0, 0.1) is 11.3 Å². The van der Waals surface area contributed by atoms with Crippen molar-refractivity contribution in [3.8, 4) is 0 Å². The molecule has 14 heavy (non-hydrogen) atoms. The number of hydrogen-bond donors (Lipinski definition) is 0. The first-order chi connectivity index (χ1) is 6.66. The fraction of sp³-hybridized carbons (Fsp3) is 0.750. The van der Waals surface area contributed by atoms with Gasteiger partial charge in [-0.15, -0.1) is 0 Å². The third-order valence-electron chi connectivity index (χ3n) is 3.56. The summed E-state index contributed by atoms with van der Waals surface area (Å²) < 4.78 is 0. The monoisotopic (exact) mass is 210 g/mol. The Morgan fingerprint density at radius 1 is 1.71 bits per heavy atom. The molecule has 2 unspecified atom stereocenters. The summed E-state index contributed by atoms with van der Waals surface area (Å²) >= 11 is 1.66. The molecule has 0 saturated heterocycles. The molecular weight excluding hydrogens is 192 g/mol. The highest BCUT2D eigenvalue weighted by atomic mass is 32.2. The van der Waals surface area contributed by atoms with E-state index in [0.29, 0.717) is 17.5 Å². The standard InChI is InChI=1S/C12H18OS/c1-9-5-10-3-4-12(6-9,7-10)11(13)8-14-2/h3,9H,4-8H2,1-2H3. The molecule has 0 aromatic rings. The van der Waals surface area contributed by atoms with Gasteiger partial charge in [-0.3, -0.25) is 4.79 Å². The van der Waals surface area contributed by atoms with Crippen molar-refractivity contribution in [2.45, 2.75) is 32.6 Å². The van der Waals surface area contributed by atoms with Gasteiger partial charge in [-0.2, -0.15) is 11.8 Å². The first kappa shape index (κ1) is 10.3. The Hall–Kier alpha value is -0.240. The van der Waals surface area contributed by atoms with Crippen LogP contribution in [0.2, 0.25) is 0 Å². The van der Waals surface area contributed by atoms with Gasteiger partial charge in [0, 0.05) is 5.41 Å². The highest BCUT2D eigenvalue weighted by Gasteiger charge is 2.44. The minimum absolute atomic E-state index is 0.0238. The van der Waals surface area contributed by atoms with E-state index in [0.717, 1.165) is 19.3 Å². The van der Waals surface area contributed by atoms with Gasteiger partial charge in [0.2, 0.25) is 0 Å². The molecule has 2 heteroatoms. The van der Waals surface area contributed by atoms with Crippen molar-refractivity contribution < 1.29 is 4.79 Å². The van der Waals surface area contributed by atoms with E-state index >= 15 is 0 Å². The lowest BCUT2D eigenvalue weighted by molar-refractivity contribution is -0.127. The summed E-state index contributed by atoms with van der Waals surface area (Å²) in [6.07, 6.45) is 8.77. The van der Waals surface area contributed by atoms with Crippen LogP contribution in [0.1, 0.15) is 32.6 Å². The van der Waals surface area contributed by atoms with Gasteiger partial charge < -0.3 is 0 Å². The third-order valence-corrected chi connectivity index (χ3v) is 4.11. The molecular formula is C12H18OS. The van der Waals surface area contributed by atoms with Crippen molar-refractivity contribution in [1.82, 2.24) is 0 Å². The number of carbonyl (C=O) groups is 1. The van der Waals surface area contributed by atoms with Crippen molar-refractivity contribution in [2.75, 3.05) is 12.0 Å². The zero-order chi connectivity index (χ0) is 10.2. The van der Waals surface area contributed by atoms with Gasteiger partial charge in [0.25, 0.3) is 0 Å². The zero-order valence-corrected chi connectivity index (χ0v) is 9.82. The van der Waals surface area contributed by atoms with Crippen LogP contribution >= 0.6 is 11.8 Å². The van der Waals surface area contributed by atoms with Gasteiger partial charge in [0.15, 0.2) is 0 Å². The number of carbonyl (C=O) groups excluding carboxylic acids is 1. The second kappa shape index (κ2) is 3.73. The van der Waals surface area contributed by atoms with Crippen LogP contribution < -0.4 is 0 Å². The maximum atomic E-state index is 12.1. The maximum absolute atomic E-state index is 12.1. The molecule has 1 fully saturated rings. The minimum Gasteiger partial charge on any atom is -0.298 e. The van der Waals surface area contributed by atoms with Crippen LogP contribution in [0.15, 0.2) is 11.6 Å². The smallest absolute Gasteiger partial charge is 0.149 e. The summed E-state index contributed by atoms with van der Waals surface area (Å²) in [6, 6.07) is 0. The Kier molecular flexibility index (Phi) is 2.74. The highest BCUT2D eigenvalue weighted by Crippen LogP contribution is 2.50. The van der Waals surface area contributed by atoms with E-state index in [-0.39, 0.29) is 5.41 Å². The first-order valence-corrected chi connectivity index (χ1v) is 6.76. The predicted octanol–water partition coefficient (Wildman–Crippen LogP) is 3.06. The second-order valence-corrected chi connectivity index (χ2v) is 5.76. The van der Waals surface area contributed by atoms with E-state index < -0.39 is 0 Å². The molecule has 0 radical (unpaired) electrons. The number of fused-ring (bicyclic) bond motifs is 2. The fourth-order valence-electron chi connectivity index (χ4n) is 3.03. The van der Waals surface area contributed by atoms with Crippen LogP contribution in [-0.2, 0) is 4.79 Å². The fourth-order valence-corrected chi connectivity index (χ4v) is 3.60. The van der Waals surface area contributed by atoms with Crippen LogP contribution in [0.3, 0.4) is 0 Å². The van der Waals surface area contributed by atoms with Gasteiger partial charge >= 0.3 is 0 Å². The van der Waals surface area contributed by atoms with Gasteiger partial charge in [-0.05, 0) is 37.9 Å². The van der Waals surface area contributed by atoms with E-state index in [1.54, 1.807) is 17.3 Å². The molecule has 78 valence electrons. The second-order valence-electron chi connectivity index (χ2n) is 4.89. The van der Waals surface area contributed by atoms with Crippen molar-refractivity contribution >= 4 is 17.5 Å². The van der Waals surface area contributed by atoms with E-state index in [1.165, 1.54) is 6.42 Å². The number of thioether (sulfide) groups is 1. The molecule has 0 aromatic heterocycles. The molecule has 2 aliphatic rings. The molecule has 1 nitrogen and oxygen atoms in total. The summed E-state index contributed by atoms with van der Waals surface area (Å²) in [5, 5.41) is 0. The van der Waals surface area contributed by atoms with Crippen molar-refractivity contribution in [1.29, 1.82) is 0 Å². The number of allylic oxidation sites excluding steroid dienone is 2. The lowest BCUT2D eigenvalue weighted by atomic mass is 9.69. The number of ketones is 1. The normalized spacial score (nSPS) is 35.6. The molecule has 0 amide bonds. The molecule has 1 saturated carbocycles. The molecule has 0 aromatic carbocycles. The van der Waals surface area contributed by atoms with Gasteiger partial charge in [-0.25, -0.2) is 0 Å². The molecule has 0 N–H and O–H groups in total. The summed E-state index contributed by atoms with van der Waals surface area (Å²) in [5.41, 5.74) is 1.56. The van der Waals surface area contributed by atoms with Gasteiger partial charge in [0.05, 0.1) is 5.75 Å². The summed E-state index contributed by atoms with van der Waals surface area (Å²) in [5.74, 6) is 1.90. The average Bonchev–Trinajstić information content (AvgIpc) is 2.44. The topological polar surface area (TPSA) is 17.1 Å². The molecule has 0 aliphatic heterocycles. The van der Waals surface area contributed by atoms with Crippen LogP contribution in [-0.4, -0.2) is 17.8 Å². The van der Waals surface area contributed by atoms with E-state index in [2.05, 4.69) is 13.0 Å². The Morgan fingerprint density at radius 3 is 3.21 bits per heavy atom. The average molecular weight is 210 g/mol. The van der Waals surface area contributed by atoms with E-state index in [4.69, 9.17) is 0 Å². The molecule has 0 spiro atoms. The molecule has 2 rings (SSSR count). The quantitative estimate of drug-likeness (QED) is 0.666. The largest absolute Gasteiger partial charge is 0.298 e. The number of hydrogen-bond acceptors (Lipinski definition) is 2. The van der Waals surface area contributed by atoms with E-state index in [9.17, 15) is 4.79 Å². The van der Waals surface area contributed by atoms with Crippen molar-refractivity contribution in [2.24, 2.45) is 11.3 Å². The van der Waals surface area contributed by atoms with Gasteiger partial charge in [-0.1, -0.05) is 18.6 Å². The third kappa shape index (κ3) is 1.65. The van der Waals surface area contributed by atoms with Crippen molar-refractivity contribution in [3.63, 3.8) is 0 Å². The Balaban J connectivity index is 2.13. The SMILES string of the molecule is CSCC(=O)C12CC=C(CC(C)C1)C2. The summed E-state index contributed by atoms with van der Waals surface area (Å²) in [7, 11) is 0. The van der Waals surface area contributed by atoms with Crippen LogP contribution in [0.5, 0.6) is 0 Å². The first-order valence-electron chi connectivity index (χ1n) is 5.36. The number of rotatable bonds is 3.